The number of nitrogens with zero attached hydrogens (tertiary/aromatic N) is 2. The summed E-state index contributed by atoms with van der Waals surface area (Å²) in [4.78, 5) is 16.3. The van der Waals surface area contributed by atoms with Crippen molar-refractivity contribution in [2.24, 2.45) is 0 Å². The maximum atomic E-state index is 12.0. The lowest BCUT2D eigenvalue weighted by Crippen LogP contribution is -2.52. The second-order valence-corrected chi connectivity index (χ2v) is 6.81. The standard InChI is InChI=1S/C17H27N3O2S/c1-2-23-15-8-18-17(21)20-11-9-19(10-12-20)13-14-22-16-6-4-3-5-7-16/h3-7H,2,8-15H2,1H3,(H,18,21). The van der Waals surface area contributed by atoms with E-state index in [4.69, 9.17) is 4.74 Å². The van der Waals surface area contributed by atoms with Crippen molar-refractivity contribution >= 4 is 17.8 Å². The Morgan fingerprint density at radius 1 is 1.22 bits per heavy atom. The van der Waals surface area contributed by atoms with Gasteiger partial charge in [-0.15, -0.1) is 0 Å². The largest absolute Gasteiger partial charge is 0.492 e. The van der Waals surface area contributed by atoms with Crippen molar-refractivity contribution in [3.05, 3.63) is 30.3 Å². The van der Waals surface area contributed by atoms with E-state index in [-0.39, 0.29) is 6.03 Å². The van der Waals surface area contributed by atoms with Crippen LogP contribution in [0, 0.1) is 0 Å². The SMILES string of the molecule is CCSCCNC(=O)N1CCN(CCOc2ccccc2)CC1. The number of rotatable bonds is 8. The second kappa shape index (κ2) is 10.4. The predicted octanol–water partition coefficient (Wildman–Crippen LogP) is 2.15. The van der Waals surface area contributed by atoms with E-state index in [0.717, 1.165) is 56.5 Å². The van der Waals surface area contributed by atoms with E-state index in [1.165, 1.54) is 0 Å². The van der Waals surface area contributed by atoms with Gasteiger partial charge in [0.1, 0.15) is 12.4 Å². The molecule has 1 heterocycles. The van der Waals surface area contributed by atoms with Crippen molar-refractivity contribution < 1.29 is 9.53 Å². The van der Waals surface area contributed by atoms with Crippen LogP contribution in [0.4, 0.5) is 4.79 Å². The van der Waals surface area contributed by atoms with E-state index in [9.17, 15) is 4.79 Å². The number of hydrogen-bond donors (Lipinski definition) is 1. The summed E-state index contributed by atoms with van der Waals surface area (Å²) in [6.07, 6.45) is 0. The Balaban J connectivity index is 1.57. The number of thioether (sulfide) groups is 1. The van der Waals surface area contributed by atoms with Crippen LogP contribution in [0.15, 0.2) is 30.3 Å². The van der Waals surface area contributed by atoms with Crippen molar-refractivity contribution in [2.45, 2.75) is 6.92 Å². The molecular formula is C17H27N3O2S. The third kappa shape index (κ3) is 6.71. The quantitative estimate of drug-likeness (QED) is 0.738. The van der Waals surface area contributed by atoms with E-state index in [1.54, 1.807) is 0 Å². The van der Waals surface area contributed by atoms with E-state index in [1.807, 2.05) is 47.0 Å². The van der Waals surface area contributed by atoms with Crippen LogP contribution in [-0.4, -0.2) is 73.2 Å². The van der Waals surface area contributed by atoms with Gasteiger partial charge in [0.2, 0.25) is 0 Å². The zero-order chi connectivity index (χ0) is 16.3. The number of carbonyl (C=O) groups is 1. The highest BCUT2D eigenvalue weighted by molar-refractivity contribution is 7.99. The first kappa shape index (κ1) is 17.9. The van der Waals surface area contributed by atoms with Crippen LogP contribution in [0.1, 0.15) is 6.92 Å². The molecule has 6 heteroatoms. The number of para-hydroxylation sites is 1. The van der Waals surface area contributed by atoms with Gasteiger partial charge in [0.05, 0.1) is 0 Å². The third-order valence-corrected chi connectivity index (χ3v) is 4.71. The molecule has 1 aromatic rings. The molecule has 1 aliphatic heterocycles. The number of hydrogen-bond acceptors (Lipinski definition) is 4. The van der Waals surface area contributed by atoms with Gasteiger partial charge >= 0.3 is 6.03 Å². The normalized spacial score (nSPS) is 15.4. The maximum Gasteiger partial charge on any atom is 0.317 e. The predicted molar refractivity (Wildman–Crippen MR) is 96.3 cm³/mol. The average molecular weight is 337 g/mol. The highest BCUT2D eigenvalue weighted by Crippen LogP contribution is 2.08. The minimum atomic E-state index is 0.0712. The summed E-state index contributed by atoms with van der Waals surface area (Å²) in [7, 11) is 0. The Kier molecular flexibility index (Phi) is 8.11. The molecule has 0 unspecified atom stereocenters. The molecule has 0 radical (unpaired) electrons. The lowest BCUT2D eigenvalue weighted by molar-refractivity contribution is 0.126. The van der Waals surface area contributed by atoms with E-state index < -0.39 is 0 Å². The Bertz CT molecular complexity index is 450. The number of nitrogens with one attached hydrogen (secondary N) is 1. The van der Waals surface area contributed by atoms with Gasteiger partial charge in [-0.25, -0.2) is 4.79 Å². The molecule has 0 bridgehead atoms. The van der Waals surface area contributed by atoms with E-state index in [0.29, 0.717) is 6.61 Å². The summed E-state index contributed by atoms with van der Waals surface area (Å²) in [6.45, 7) is 7.87. The molecule has 0 atom stereocenters. The van der Waals surface area contributed by atoms with Gasteiger partial charge in [0.25, 0.3) is 0 Å². The zero-order valence-electron chi connectivity index (χ0n) is 13.9. The molecule has 1 N–H and O–H groups in total. The minimum absolute atomic E-state index is 0.0712. The van der Waals surface area contributed by atoms with Crippen molar-refractivity contribution in [3.8, 4) is 5.75 Å². The molecule has 23 heavy (non-hydrogen) atoms. The lowest BCUT2D eigenvalue weighted by atomic mass is 10.3. The van der Waals surface area contributed by atoms with Crippen LogP contribution in [0.5, 0.6) is 5.75 Å². The monoisotopic (exact) mass is 337 g/mol. The van der Waals surface area contributed by atoms with Crippen molar-refractivity contribution in [3.63, 3.8) is 0 Å². The molecule has 1 aromatic carbocycles. The van der Waals surface area contributed by atoms with E-state index >= 15 is 0 Å². The Hall–Kier alpha value is -1.40. The number of piperazine rings is 1. The Morgan fingerprint density at radius 3 is 2.65 bits per heavy atom. The zero-order valence-corrected chi connectivity index (χ0v) is 14.7. The number of ether oxygens (including phenoxy) is 1. The summed E-state index contributed by atoms with van der Waals surface area (Å²) in [5.41, 5.74) is 0. The van der Waals surface area contributed by atoms with Crippen LogP contribution < -0.4 is 10.1 Å². The molecule has 0 saturated carbocycles. The molecule has 2 rings (SSSR count). The first-order valence-electron chi connectivity index (χ1n) is 8.30. The van der Waals surface area contributed by atoms with Gasteiger partial charge in [0, 0.05) is 45.0 Å². The molecule has 0 spiro atoms. The molecule has 0 aliphatic carbocycles. The fourth-order valence-corrected chi connectivity index (χ4v) is 3.01. The molecule has 1 fully saturated rings. The lowest BCUT2D eigenvalue weighted by Gasteiger charge is -2.34. The van der Waals surface area contributed by atoms with Crippen molar-refractivity contribution in [2.75, 3.05) is 57.4 Å². The minimum Gasteiger partial charge on any atom is -0.492 e. The first-order chi connectivity index (χ1) is 11.3. The average Bonchev–Trinajstić information content (AvgIpc) is 2.60. The number of benzene rings is 1. The Morgan fingerprint density at radius 2 is 1.96 bits per heavy atom. The summed E-state index contributed by atoms with van der Waals surface area (Å²) < 4.78 is 5.72. The highest BCUT2D eigenvalue weighted by Gasteiger charge is 2.20. The van der Waals surface area contributed by atoms with Crippen LogP contribution in [-0.2, 0) is 0 Å². The fourth-order valence-electron chi connectivity index (χ4n) is 2.47. The van der Waals surface area contributed by atoms with Crippen LogP contribution >= 0.6 is 11.8 Å². The van der Waals surface area contributed by atoms with Crippen LogP contribution in [0.2, 0.25) is 0 Å². The van der Waals surface area contributed by atoms with Gasteiger partial charge in [-0.3, -0.25) is 4.90 Å². The van der Waals surface area contributed by atoms with Gasteiger partial charge in [-0.2, -0.15) is 11.8 Å². The number of carbonyl (C=O) groups excluding carboxylic acids is 1. The Labute approximate surface area is 143 Å². The van der Waals surface area contributed by atoms with Gasteiger partial charge < -0.3 is 15.0 Å². The molecule has 2 amide bonds. The first-order valence-corrected chi connectivity index (χ1v) is 9.46. The van der Waals surface area contributed by atoms with Crippen LogP contribution in [0.3, 0.4) is 0 Å². The molecule has 128 valence electrons. The second-order valence-electron chi connectivity index (χ2n) is 5.42. The summed E-state index contributed by atoms with van der Waals surface area (Å²) in [5.74, 6) is 2.99. The highest BCUT2D eigenvalue weighted by atomic mass is 32.2. The summed E-state index contributed by atoms with van der Waals surface area (Å²) >= 11 is 1.85. The van der Waals surface area contributed by atoms with Crippen molar-refractivity contribution in [1.29, 1.82) is 0 Å². The maximum absolute atomic E-state index is 12.0. The van der Waals surface area contributed by atoms with E-state index in [2.05, 4.69) is 17.1 Å². The van der Waals surface area contributed by atoms with Gasteiger partial charge in [0.15, 0.2) is 0 Å². The third-order valence-electron chi connectivity index (χ3n) is 3.81. The smallest absolute Gasteiger partial charge is 0.317 e. The molecular weight excluding hydrogens is 310 g/mol. The molecule has 0 aromatic heterocycles. The number of amides is 2. The summed E-state index contributed by atoms with van der Waals surface area (Å²) in [6, 6.07) is 9.95. The van der Waals surface area contributed by atoms with Crippen LogP contribution in [0.25, 0.3) is 0 Å². The molecule has 5 nitrogen and oxygen atoms in total. The fraction of sp³-hybridized carbons (Fsp3) is 0.588. The summed E-state index contributed by atoms with van der Waals surface area (Å²) in [5, 5.41) is 2.99. The van der Waals surface area contributed by atoms with Crippen molar-refractivity contribution in [1.82, 2.24) is 15.1 Å². The van der Waals surface area contributed by atoms with Gasteiger partial charge in [-0.05, 0) is 17.9 Å². The molecule has 1 aliphatic rings. The topological polar surface area (TPSA) is 44.8 Å². The van der Waals surface area contributed by atoms with Gasteiger partial charge in [-0.1, -0.05) is 25.1 Å². The number of urea groups is 1. The molecule has 1 saturated heterocycles.